The molecule has 0 unspecified atom stereocenters. The Kier molecular flexibility index (Phi) is 3.45. The fourth-order valence-electron chi connectivity index (χ4n) is 3.91. The molecule has 0 radical (unpaired) electrons. The molecule has 0 saturated carbocycles. The van der Waals surface area contributed by atoms with Gasteiger partial charge in [-0.15, -0.1) is 11.3 Å². The van der Waals surface area contributed by atoms with Crippen LogP contribution >= 0.6 is 11.3 Å². The van der Waals surface area contributed by atoms with E-state index in [2.05, 4.69) is 35.3 Å². The van der Waals surface area contributed by atoms with Crippen molar-refractivity contribution in [1.29, 1.82) is 0 Å². The zero-order valence-corrected chi connectivity index (χ0v) is 14.7. The molecule has 0 fully saturated rings. The van der Waals surface area contributed by atoms with Crippen molar-refractivity contribution >= 4 is 32.3 Å². The Morgan fingerprint density at radius 3 is 2.84 bits per heavy atom. The van der Waals surface area contributed by atoms with Gasteiger partial charge in [-0.1, -0.05) is 42.5 Å². The third-order valence-corrected chi connectivity index (χ3v) is 6.36. The number of aryl methyl sites for hydroxylation is 2. The predicted molar refractivity (Wildman–Crippen MR) is 104 cm³/mol. The Bertz CT molecular complexity index is 1150. The van der Waals surface area contributed by atoms with Gasteiger partial charge < -0.3 is 0 Å². The molecule has 2 aromatic heterocycles. The first kappa shape index (κ1) is 14.8. The van der Waals surface area contributed by atoms with E-state index in [-0.39, 0.29) is 5.56 Å². The highest BCUT2D eigenvalue weighted by atomic mass is 32.1. The molecule has 2 heterocycles. The maximum Gasteiger partial charge on any atom is 0.262 e. The third kappa shape index (κ3) is 2.40. The molecule has 4 heteroatoms. The number of aromatic nitrogens is 2. The lowest BCUT2D eigenvalue weighted by Gasteiger charge is -2.11. The standard InChI is InChI=1S/C21H18N2OS/c24-21-19-17-10-3-4-11-18(17)25-20(19)22-13-23(21)12-15-8-5-7-14-6-1-2-9-16(14)15/h1-2,5-9,13H,3-4,10-12H2. The second-order valence-corrected chi connectivity index (χ2v) is 7.79. The molecule has 4 aromatic rings. The van der Waals surface area contributed by atoms with E-state index >= 15 is 0 Å². The second-order valence-electron chi connectivity index (χ2n) is 6.71. The molecule has 0 aliphatic heterocycles. The van der Waals surface area contributed by atoms with E-state index in [1.165, 1.54) is 34.1 Å². The molecular weight excluding hydrogens is 328 g/mol. The van der Waals surface area contributed by atoms with Gasteiger partial charge in [-0.25, -0.2) is 4.98 Å². The van der Waals surface area contributed by atoms with Crippen LogP contribution in [0, 0.1) is 0 Å². The normalized spacial score (nSPS) is 14.1. The lowest BCUT2D eigenvalue weighted by Crippen LogP contribution is -2.21. The summed E-state index contributed by atoms with van der Waals surface area (Å²) in [4.78, 5) is 20.0. The van der Waals surface area contributed by atoms with E-state index in [9.17, 15) is 4.79 Å². The van der Waals surface area contributed by atoms with Crippen molar-refractivity contribution in [2.45, 2.75) is 32.2 Å². The van der Waals surface area contributed by atoms with Gasteiger partial charge in [0.2, 0.25) is 0 Å². The van der Waals surface area contributed by atoms with E-state index in [1.54, 1.807) is 22.2 Å². The van der Waals surface area contributed by atoms with Crippen molar-refractivity contribution in [3.05, 3.63) is 75.1 Å². The Hall–Kier alpha value is -2.46. The van der Waals surface area contributed by atoms with Crippen molar-refractivity contribution in [2.75, 3.05) is 0 Å². The van der Waals surface area contributed by atoms with Crippen molar-refractivity contribution in [3.8, 4) is 0 Å². The predicted octanol–water partition coefficient (Wildman–Crippen LogP) is 4.54. The highest BCUT2D eigenvalue weighted by molar-refractivity contribution is 7.18. The van der Waals surface area contributed by atoms with Gasteiger partial charge >= 0.3 is 0 Å². The van der Waals surface area contributed by atoms with Crippen molar-refractivity contribution in [3.63, 3.8) is 0 Å². The maximum atomic E-state index is 13.1. The zero-order chi connectivity index (χ0) is 16.8. The molecule has 0 atom stereocenters. The van der Waals surface area contributed by atoms with Crippen LogP contribution in [0.4, 0.5) is 0 Å². The number of rotatable bonds is 2. The van der Waals surface area contributed by atoms with Gasteiger partial charge in [-0.05, 0) is 47.6 Å². The van der Waals surface area contributed by atoms with Gasteiger partial charge in [-0.3, -0.25) is 9.36 Å². The van der Waals surface area contributed by atoms with Crippen LogP contribution in [0.15, 0.2) is 53.6 Å². The highest BCUT2D eigenvalue weighted by Crippen LogP contribution is 2.33. The first-order chi connectivity index (χ1) is 12.3. The molecule has 0 N–H and O–H groups in total. The van der Waals surface area contributed by atoms with E-state index < -0.39 is 0 Å². The van der Waals surface area contributed by atoms with Crippen molar-refractivity contribution < 1.29 is 0 Å². The molecule has 0 spiro atoms. The molecule has 1 aliphatic rings. The van der Waals surface area contributed by atoms with Crippen LogP contribution in [0.1, 0.15) is 28.8 Å². The molecule has 0 bridgehead atoms. The van der Waals surface area contributed by atoms with E-state index in [4.69, 9.17) is 0 Å². The number of fused-ring (bicyclic) bond motifs is 4. The van der Waals surface area contributed by atoms with Crippen LogP contribution in [0.25, 0.3) is 21.0 Å². The first-order valence-corrected chi connectivity index (χ1v) is 9.59. The Morgan fingerprint density at radius 2 is 1.88 bits per heavy atom. The summed E-state index contributed by atoms with van der Waals surface area (Å²) in [6.07, 6.45) is 6.23. The lowest BCUT2D eigenvalue weighted by molar-refractivity contribution is 0.697. The van der Waals surface area contributed by atoms with Gasteiger partial charge in [0.25, 0.3) is 5.56 Å². The first-order valence-electron chi connectivity index (χ1n) is 8.77. The average Bonchev–Trinajstić information content (AvgIpc) is 3.03. The maximum absolute atomic E-state index is 13.1. The average molecular weight is 346 g/mol. The topological polar surface area (TPSA) is 34.9 Å². The molecule has 0 amide bonds. The zero-order valence-electron chi connectivity index (χ0n) is 13.9. The number of nitrogens with zero attached hydrogens (tertiary/aromatic N) is 2. The number of hydrogen-bond donors (Lipinski definition) is 0. The largest absolute Gasteiger partial charge is 0.294 e. The highest BCUT2D eigenvalue weighted by Gasteiger charge is 2.20. The van der Waals surface area contributed by atoms with E-state index in [1.807, 2.05) is 12.1 Å². The van der Waals surface area contributed by atoms with Gasteiger partial charge in [0, 0.05) is 4.88 Å². The molecule has 25 heavy (non-hydrogen) atoms. The summed E-state index contributed by atoms with van der Waals surface area (Å²) < 4.78 is 1.77. The van der Waals surface area contributed by atoms with E-state index in [0.29, 0.717) is 6.54 Å². The quantitative estimate of drug-likeness (QED) is 0.534. The summed E-state index contributed by atoms with van der Waals surface area (Å²) in [5, 5.41) is 3.27. The molecule has 0 saturated heterocycles. The molecule has 3 nitrogen and oxygen atoms in total. The van der Waals surface area contributed by atoms with Crippen molar-refractivity contribution in [2.24, 2.45) is 0 Å². The minimum atomic E-state index is 0.109. The van der Waals surface area contributed by atoms with Crippen LogP contribution < -0.4 is 5.56 Å². The van der Waals surface area contributed by atoms with Crippen LogP contribution in [-0.4, -0.2) is 9.55 Å². The smallest absolute Gasteiger partial charge is 0.262 e. The van der Waals surface area contributed by atoms with E-state index in [0.717, 1.165) is 28.6 Å². The number of hydrogen-bond acceptors (Lipinski definition) is 3. The Morgan fingerprint density at radius 1 is 1.04 bits per heavy atom. The fraction of sp³-hybridized carbons (Fsp3) is 0.238. The number of benzene rings is 2. The van der Waals surface area contributed by atoms with Gasteiger partial charge in [0.05, 0.1) is 18.3 Å². The third-order valence-electron chi connectivity index (χ3n) is 5.16. The minimum absolute atomic E-state index is 0.109. The Labute approximate surface area is 149 Å². The molecular formula is C21H18N2OS. The minimum Gasteiger partial charge on any atom is -0.294 e. The molecule has 5 rings (SSSR count). The van der Waals surface area contributed by atoms with Gasteiger partial charge in [-0.2, -0.15) is 0 Å². The summed E-state index contributed by atoms with van der Waals surface area (Å²) in [6.45, 7) is 0.563. The summed E-state index contributed by atoms with van der Waals surface area (Å²) in [5.74, 6) is 0. The molecule has 1 aliphatic carbocycles. The monoisotopic (exact) mass is 346 g/mol. The lowest BCUT2D eigenvalue weighted by atomic mass is 9.97. The number of thiophene rings is 1. The second kappa shape index (κ2) is 5.81. The summed E-state index contributed by atoms with van der Waals surface area (Å²) in [6, 6.07) is 14.6. The van der Waals surface area contributed by atoms with Gasteiger partial charge in [0.15, 0.2) is 0 Å². The summed E-state index contributed by atoms with van der Waals surface area (Å²) in [5.41, 5.74) is 2.53. The van der Waals surface area contributed by atoms with Crippen LogP contribution in [0.3, 0.4) is 0 Å². The summed E-state index contributed by atoms with van der Waals surface area (Å²) >= 11 is 1.71. The summed E-state index contributed by atoms with van der Waals surface area (Å²) in [7, 11) is 0. The molecule has 124 valence electrons. The van der Waals surface area contributed by atoms with Crippen LogP contribution in [0.5, 0.6) is 0 Å². The SMILES string of the molecule is O=c1c2c3c(sc2ncn1Cc1cccc2ccccc12)CCCC3. The Balaban J connectivity index is 1.66. The van der Waals surface area contributed by atoms with Crippen molar-refractivity contribution in [1.82, 2.24) is 9.55 Å². The fourth-order valence-corrected chi connectivity index (χ4v) is 5.13. The van der Waals surface area contributed by atoms with Crippen LogP contribution in [-0.2, 0) is 19.4 Å². The van der Waals surface area contributed by atoms with Crippen LogP contribution in [0.2, 0.25) is 0 Å². The molecule has 2 aromatic carbocycles. The van der Waals surface area contributed by atoms with Gasteiger partial charge in [0.1, 0.15) is 4.83 Å².